The number of guanidine groups is 1. The summed E-state index contributed by atoms with van der Waals surface area (Å²) in [4.78, 5) is 4.59. The van der Waals surface area contributed by atoms with E-state index in [0.29, 0.717) is 11.8 Å². The first kappa shape index (κ1) is 13.9. The second kappa shape index (κ2) is 6.60. The predicted molar refractivity (Wildman–Crippen MR) is 81.7 cm³/mol. The largest absolute Gasteiger partial charge is 0.357 e. The molecule has 19 heavy (non-hydrogen) atoms. The third-order valence-corrected chi connectivity index (χ3v) is 3.44. The van der Waals surface area contributed by atoms with Crippen molar-refractivity contribution in [2.45, 2.75) is 33.1 Å². The fraction of sp³-hybridized carbons (Fsp3) is 0.562. The van der Waals surface area contributed by atoms with Gasteiger partial charge >= 0.3 is 0 Å². The highest BCUT2D eigenvalue weighted by molar-refractivity contribution is 5.79. The summed E-state index contributed by atoms with van der Waals surface area (Å²) in [5.74, 6) is 2.18. The molecule has 1 unspecified atom stereocenters. The van der Waals surface area contributed by atoms with Crippen LogP contribution in [-0.2, 0) is 6.42 Å². The molecule has 0 fully saturated rings. The minimum atomic E-state index is 0.597. The van der Waals surface area contributed by atoms with Gasteiger partial charge in [0.2, 0.25) is 0 Å². The monoisotopic (exact) mass is 259 g/mol. The van der Waals surface area contributed by atoms with E-state index in [1.807, 2.05) is 0 Å². The van der Waals surface area contributed by atoms with Crippen LogP contribution in [0.5, 0.6) is 0 Å². The standard InChI is InChI=1S/C16H25N3/c1-4-17-16(18-10-12(2)3)19-11-14-9-13-7-5-6-8-15(13)14/h5-8,12,14H,4,9-11H2,1-3H3,(H2,17,18,19). The van der Waals surface area contributed by atoms with Gasteiger partial charge in [-0.2, -0.15) is 0 Å². The molecule has 0 saturated heterocycles. The van der Waals surface area contributed by atoms with Gasteiger partial charge in [0.05, 0.1) is 0 Å². The molecule has 0 amide bonds. The van der Waals surface area contributed by atoms with Gasteiger partial charge in [-0.1, -0.05) is 38.1 Å². The molecule has 1 aliphatic rings. The Bertz CT molecular complexity index is 437. The highest BCUT2D eigenvalue weighted by Gasteiger charge is 2.25. The average Bonchev–Trinajstić information content (AvgIpc) is 2.36. The van der Waals surface area contributed by atoms with E-state index in [4.69, 9.17) is 0 Å². The zero-order valence-corrected chi connectivity index (χ0v) is 12.2. The summed E-state index contributed by atoms with van der Waals surface area (Å²) in [5, 5.41) is 6.76. The van der Waals surface area contributed by atoms with Crippen LogP contribution >= 0.6 is 0 Å². The first-order valence-electron chi connectivity index (χ1n) is 7.30. The van der Waals surface area contributed by atoms with Gasteiger partial charge in [-0.25, -0.2) is 0 Å². The molecule has 1 aromatic carbocycles. The first-order valence-corrected chi connectivity index (χ1v) is 7.30. The molecule has 0 heterocycles. The summed E-state index contributed by atoms with van der Waals surface area (Å²) in [5.41, 5.74) is 2.99. The Kier molecular flexibility index (Phi) is 4.83. The summed E-state index contributed by atoms with van der Waals surface area (Å²) in [6.45, 7) is 9.23. The number of aliphatic imine (C=N–C) groups is 1. The minimum absolute atomic E-state index is 0.597. The van der Waals surface area contributed by atoms with Crippen LogP contribution in [0.2, 0.25) is 0 Å². The van der Waals surface area contributed by atoms with E-state index < -0.39 is 0 Å². The van der Waals surface area contributed by atoms with E-state index in [1.54, 1.807) is 0 Å². The number of nitrogens with one attached hydrogen (secondary N) is 2. The number of hydrogen-bond donors (Lipinski definition) is 2. The molecular weight excluding hydrogens is 234 g/mol. The van der Waals surface area contributed by atoms with Gasteiger partial charge in [0.25, 0.3) is 0 Å². The van der Waals surface area contributed by atoms with Crippen molar-refractivity contribution in [2.24, 2.45) is 10.9 Å². The van der Waals surface area contributed by atoms with E-state index in [9.17, 15) is 0 Å². The highest BCUT2D eigenvalue weighted by atomic mass is 15.2. The molecule has 0 radical (unpaired) electrons. The van der Waals surface area contributed by atoms with E-state index in [-0.39, 0.29) is 0 Å². The lowest BCUT2D eigenvalue weighted by atomic mass is 9.78. The number of nitrogens with zero attached hydrogens (tertiary/aromatic N) is 1. The fourth-order valence-electron chi connectivity index (χ4n) is 2.38. The zero-order valence-electron chi connectivity index (χ0n) is 12.2. The molecule has 2 rings (SSSR count). The van der Waals surface area contributed by atoms with Gasteiger partial charge in [0.15, 0.2) is 5.96 Å². The van der Waals surface area contributed by atoms with Crippen molar-refractivity contribution in [3.63, 3.8) is 0 Å². The lowest BCUT2D eigenvalue weighted by Crippen LogP contribution is -2.41. The van der Waals surface area contributed by atoms with Crippen molar-refractivity contribution < 1.29 is 0 Å². The van der Waals surface area contributed by atoms with Crippen LogP contribution in [-0.4, -0.2) is 25.6 Å². The van der Waals surface area contributed by atoms with Crippen molar-refractivity contribution in [3.05, 3.63) is 35.4 Å². The lowest BCUT2D eigenvalue weighted by molar-refractivity contribution is 0.581. The maximum absolute atomic E-state index is 4.59. The van der Waals surface area contributed by atoms with Crippen molar-refractivity contribution in [1.82, 2.24) is 10.6 Å². The molecule has 0 bridgehead atoms. The van der Waals surface area contributed by atoms with Crippen molar-refractivity contribution >= 4 is 5.96 Å². The number of fused-ring (bicyclic) bond motifs is 1. The first-order chi connectivity index (χ1) is 9.20. The SMILES string of the molecule is CCNC(=NCC(C)C)NCC1Cc2ccccc21. The van der Waals surface area contributed by atoms with Gasteiger partial charge in [0, 0.05) is 25.6 Å². The molecule has 1 atom stereocenters. The molecule has 3 heteroatoms. The third kappa shape index (κ3) is 3.72. The maximum atomic E-state index is 4.59. The third-order valence-electron chi connectivity index (χ3n) is 3.44. The fourth-order valence-corrected chi connectivity index (χ4v) is 2.38. The Labute approximate surface area is 116 Å². The highest BCUT2D eigenvalue weighted by Crippen LogP contribution is 2.33. The second-order valence-electron chi connectivity index (χ2n) is 5.59. The van der Waals surface area contributed by atoms with Crippen molar-refractivity contribution in [1.29, 1.82) is 0 Å². The molecule has 3 nitrogen and oxygen atoms in total. The number of rotatable bonds is 5. The van der Waals surface area contributed by atoms with Gasteiger partial charge in [-0.05, 0) is 30.4 Å². The second-order valence-corrected chi connectivity index (χ2v) is 5.59. The maximum Gasteiger partial charge on any atom is 0.191 e. The molecule has 0 aliphatic heterocycles. The molecule has 1 aliphatic carbocycles. The average molecular weight is 259 g/mol. The van der Waals surface area contributed by atoms with Gasteiger partial charge < -0.3 is 10.6 Å². The zero-order chi connectivity index (χ0) is 13.7. The van der Waals surface area contributed by atoms with Crippen LogP contribution in [0, 0.1) is 5.92 Å². The van der Waals surface area contributed by atoms with Crippen LogP contribution < -0.4 is 10.6 Å². The van der Waals surface area contributed by atoms with Gasteiger partial charge in [-0.15, -0.1) is 0 Å². The molecular formula is C16H25N3. The summed E-state index contributed by atoms with van der Waals surface area (Å²) in [6.07, 6.45) is 1.19. The smallest absolute Gasteiger partial charge is 0.191 e. The van der Waals surface area contributed by atoms with E-state index in [0.717, 1.165) is 25.6 Å². The van der Waals surface area contributed by atoms with E-state index in [2.05, 4.69) is 60.7 Å². The van der Waals surface area contributed by atoms with E-state index >= 15 is 0 Å². The molecule has 1 aromatic rings. The van der Waals surface area contributed by atoms with E-state index in [1.165, 1.54) is 17.5 Å². The summed E-state index contributed by atoms with van der Waals surface area (Å²) < 4.78 is 0. The Morgan fingerprint density at radius 2 is 2.11 bits per heavy atom. The van der Waals surface area contributed by atoms with Crippen molar-refractivity contribution in [3.8, 4) is 0 Å². The van der Waals surface area contributed by atoms with Gasteiger partial charge in [-0.3, -0.25) is 4.99 Å². The molecule has 2 N–H and O–H groups in total. The predicted octanol–water partition coefficient (Wildman–Crippen LogP) is 2.54. The normalized spacial score (nSPS) is 17.9. The molecule has 0 aromatic heterocycles. The quantitative estimate of drug-likeness (QED) is 0.630. The van der Waals surface area contributed by atoms with Crippen LogP contribution in [0.25, 0.3) is 0 Å². The minimum Gasteiger partial charge on any atom is -0.357 e. The summed E-state index contributed by atoms with van der Waals surface area (Å²) in [6, 6.07) is 8.72. The van der Waals surface area contributed by atoms with Crippen LogP contribution in [0.1, 0.15) is 37.8 Å². The topological polar surface area (TPSA) is 36.4 Å². The van der Waals surface area contributed by atoms with Crippen LogP contribution in [0.3, 0.4) is 0 Å². The van der Waals surface area contributed by atoms with Crippen LogP contribution in [0.15, 0.2) is 29.3 Å². The Balaban J connectivity index is 1.85. The van der Waals surface area contributed by atoms with Crippen LogP contribution in [0.4, 0.5) is 0 Å². The van der Waals surface area contributed by atoms with Crippen molar-refractivity contribution in [2.75, 3.05) is 19.6 Å². The molecule has 0 saturated carbocycles. The number of hydrogen-bond acceptors (Lipinski definition) is 1. The summed E-state index contributed by atoms with van der Waals surface area (Å²) >= 11 is 0. The Morgan fingerprint density at radius 3 is 2.79 bits per heavy atom. The molecule has 104 valence electrons. The Hall–Kier alpha value is -1.51. The summed E-state index contributed by atoms with van der Waals surface area (Å²) in [7, 11) is 0. The molecule has 0 spiro atoms. The number of benzene rings is 1. The lowest BCUT2D eigenvalue weighted by Gasteiger charge is -2.30. The van der Waals surface area contributed by atoms with Gasteiger partial charge in [0.1, 0.15) is 0 Å². The Morgan fingerprint density at radius 1 is 1.32 bits per heavy atom.